The lowest BCUT2D eigenvalue weighted by atomic mass is 9.66. The number of carbonyl (C=O) groups is 3. The number of thioether (sulfide) groups is 1. The second-order valence-corrected chi connectivity index (χ2v) is 13.1. The monoisotopic (exact) mass is 597 g/mol. The molecule has 0 aliphatic carbocycles. The van der Waals surface area contributed by atoms with E-state index in [1.807, 2.05) is 30.3 Å². The van der Waals surface area contributed by atoms with Gasteiger partial charge < -0.3 is 24.5 Å². The van der Waals surface area contributed by atoms with Crippen LogP contribution in [0.1, 0.15) is 52.9 Å². The number of aliphatic hydroxyl groups excluding tert-OH is 1. The average Bonchev–Trinajstić information content (AvgIpc) is 3.58. The molecular formula is C33H47N3O5S. The number of ether oxygens (including phenoxy) is 1. The van der Waals surface area contributed by atoms with E-state index in [1.165, 1.54) is 0 Å². The Morgan fingerprint density at radius 2 is 1.81 bits per heavy atom. The smallest absolute Gasteiger partial charge is 0.310 e. The number of rotatable bonds is 16. The number of unbranched alkanes of at least 4 members (excludes halogenated alkanes) is 2. The summed E-state index contributed by atoms with van der Waals surface area (Å²) in [6.45, 7) is 16.5. The molecular weight excluding hydrogens is 550 g/mol. The summed E-state index contributed by atoms with van der Waals surface area (Å²) >= 11 is 1.64. The Labute approximate surface area is 255 Å². The Hall–Kier alpha value is -2.78. The maximum atomic E-state index is 14.7. The number of benzene rings is 1. The minimum Gasteiger partial charge on any atom is -0.465 e. The molecule has 42 heavy (non-hydrogen) atoms. The molecule has 1 spiro atoms. The lowest BCUT2D eigenvalue weighted by Crippen LogP contribution is -2.57. The van der Waals surface area contributed by atoms with Crippen LogP contribution in [0.25, 0.3) is 0 Å². The first-order valence-corrected chi connectivity index (χ1v) is 16.3. The average molecular weight is 598 g/mol. The van der Waals surface area contributed by atoms with E-state index in [0.29, 0.717) is 19.6 Å². The number of anilines is 2. The molecule has 4 rings (SSSR count). The maximum Gasteiger partial charge on any atom is 0.310 e. The van der Waals surface area contributed by atoms with Crippen LogP contribution in [0, 0.1) is 17.8 Å². The topological polar surface area (TPSA) is 90.4 Å². The SMILES string of the molecule is C=CCCCCOC(=O)[C@@H]1[C@H]2C(=O)N(CCCO)C(C(=O)N(CC=C)c3ccc(N(CC)CC)cc3)C23S[C@@H]1CC3C. The van der Waals surface area contributed by atoms with Crippen LogP contribution in [0.2, 0.25) is 0 Å². The summed E-state index contributed by atoms with van der Waals surface area (Å²) in [6.07, 6.45) is 7.17. The minimum absolute atomic E-state index is 0.0572. The van der Waals surface area contributed by atoms with E-state index >= 15 is 0 Å². The fourth-order valence-electron chi connectivity index (χ4n) is 7.24. The van der Waals surface area contributed by atoms with E-state index < -0.39 is 22.6 Å². The van der Waals surface area contributed by atoms with Gasteiger partial charge in [-0.1, -0.05) is 19.1 Å². The minimum atomic E-state index is -0.751. The highest BCUT2D eigenvalue weighted by atomic mass is 32.2. The van der Waals surface area contributed by atoms with Crippen molar-refractivity contribution in [3.63, 3.8) is 0 Å². The van der Waals surface area contributed by atoms with E-state index in [9.17, 15) is 19.5 Å². The molecule has 0 aromatic heterocycles. The third kappa shape index (κ3) is 5.74. The Kier molecular flexibility index (Phi) is 10.8. The Morgan fingerprint density at radius 3 is 2.43 bits per heavy atom. The molecule has 1 aromatic carbocycles. The van der Waals surface area contributed by atoms with Gasteiger partial charge in [-0.15, -0.1) is 24.9 Å². The standard InChI is InChI=1S/C33H47N3O5S/c1-6-10-11-12-21-41-32(40)27-26-22-23(5)33(42-26)28(27)30(38)36(19-13-20-37)29(33)31(39)35(18-7-2)25-16-14-24(15-17-25)34(8-3)9-4/h6-7,14-17,23,26-29,37H,1-2,8-13,18-22H2,3-5H3/t23?,26-,27+,28+,29?,33?/m1/s1. The van der Waals surface area contributed by atoms with Gasteiger partial charge in [0.1, 0.15) is 6.04 Å². The second kappa shape index (κ2) is 14.1. The molecule has 3 unspecified atom stereocenters. The van der Waals surface area contributed by atoms with E-state index in [4.69, 9.17) is 4.74 Å². The van der Waals surface area contributed by atoms with Crippen molar-refractivity contribution in [1.29, 1.82) is 0 Å². The lowest BCUT2D eigenvalue weighted by Gasteiger charge is -2.40. The number of nitrogens with zero attached hydrogens (tertiary/aromatic N) is 3. The molecule has 2 amide bonds. The highest BCUT2D eigenvalue weighted by molar-refractivity contribution is 8.02. The number of esters is 1. The molecule has 9 heteroatoms. The molecule has 1 N–H and O–H groups in total. The first-order valence-electron chi connectivity index (χ1n) is 15.4. The zero-order valence-electron chi connectivity index (χ0n) is 25.4. The Morgan fingerprint density at radius 1 is 1.12 bits per heavy atom. The van der Waals surface area contributed by atoms with Gasteiger partial charge in [0.2, 0.25) is 5.91 Å². The first kappa shape index (κ1) is 32.1. The normalized spacial score (nSPS) is 27.6. The number of aliphatic hydroxyl groups is 1. The summed E-state index contributed by atoms with van der Waals surface area (Å²) < 4.78 is 4.99. The van der Waals surface area contributed by atoms with Gasteiger partial charge in [-0.2, -0.15) is 0 Å². The van der Waals surface area contributed by atoms with Crippen LogP contribution in [-0.4, -0.2) is 83.2 Å². The molecule has 6 atom stereocenters. The molecule has 3 saturated heterocycles. The predicted molar refractivity (Wildman–Crippen MR) is 170 cm³/mol. The van der Waals surface area contributed by atoms with Crippen molar-refractivity contribution in [3.05, 3.63) is 49.6 Å². The van der Waals surface area contributed by atoms with Crippen LogP contribution < -0.4 is 9.80 Å². The maximum absolute atomic E-state index is 14.7. The number of fused-ring (bicyclic) bond motifs is 1. The molecule has 0 radical (unpaired) electrons. The Balaban J connectivity index is 1.67. The third-order valence-corrected chi connectivity index (χ3v) is 11.3. The number of amides is 2. The largest absolute Gasteiger partial charge is 0.465 e. The number of likely N-dealkylation sites (tertiary alicyclic amines) is 1. The van der Waals surface area contributed by atoms with Crippen LogP contribution in [0.5, 0.6) is 0 Å². The number of hydrogen-bond donors (Lipinski definition) is 1. The van der Waals surface area contributed by atoms with E-state index in [2.05, 4.69) is 38.8 Å². The van der Waals surface area contributed by atoms with Crippen molar-refractivity contribution in [2.24, 2.45) is 17.8 Å². The van der Waals surface area contributed by atoms with Gasteiger partial charge in [0.15, 0.2) is 0 Å². The Bertz CT molecular complexity index is 1140. The predicted octanol–water partition coefficient (Wildman–Crippen LogP) is 4.67. The van der Waals surface area contributed by atoms with Gasteiger partial charge in [0.05, 0.1) is 23.2 Å². The van der Waals surface area contributed by atoms with Gasteiger partial charge in [-0.3, -0.25) is 14.4 Å². The number of allylic oxidation sites excluding steroid dienone is 1. The van der Waals surface area contributed by atoms with Crippen LogP contribution in [0.3, 0.4) is 0 Å². The fraction of sp³-hybridized carbons (Fsp3) is 0.606. The van der Waals surface area contributed by atoms with Crippen LogP contribution >= 0.6 is 11.8 Å². The van der Waals surface area contributed by atoms with E-state index in [-0.39, 0.29) is 42.1 Å². The quantitative estimate of drug-likeness (QED) is 0.168. The molecule has 1 aromatic rings. The lowest BCUT2D eigenvalue weighted by molar-refractivity contribution is -0.154. The van der Waals surface area contributed by atoms with E-state index in [1.54, 1.807) is 27.6 Å². The summed E-state index contributed by atoms with van der Waals surface area (Å²) in [5, 5.41) is 9.60. The number of carbonyl (C=O) groups excluding carboxylic acids is 3. The molecule has 3 aliphatic heterocycles. The first-order chi connectivity index (χ1) is 20.3. The van der Waals surface area contributed by atoms with Crippen molar-refractivity contribution in [2.45, 2.75) is 68.9 Å². The molecule has 0 saturated carbocycles. The van der Waals surface area contributed by atoms with Crippen LogP contribution in [-0.2, 0) is 19.1 Å². The van der Waals surface area contributed by atoms with Crippen LogP contribution in [0.15, 0.2) is 49.6 Å². The zero-order chi connectivity index (χ0) is 30.4. The summed E-state index contributed by atoms with van der Waals surface area (Å²) in [7, 11) is 0. The van der Waals surface area contributed by atoms with Crippen molar-refractivity contribution >= 4 is 40.9 Å². The summed E-state index contributed by atoms with van der Waals surface area (Å²) in [5.41, 5.74) is 1.82. The van der Waals surface area contributed by atoms with Gasteiger partial charge in [-0.25, -0.2) is 0 Å². The van der Waals surface area contributed by atoms with Crippen molar-refractivity contribution in [1.82, 2.24) is 4.90 Å². The molecule has 8 nitrogen and oxygen atoms in total. The van der Waals surface area contributed by atoms with Gasteiger partial charge in [0.25, 0.3) is 5.91 Å². The van der Waals surface area contributed by atoms with Gasteiger partial charge in [-0.05, 0) is 76.1 Å². The third-order valence-electron chi connectivity index (χ3n) is 9.22. The van der Waals surface area contributed by atoms with E-state index in [0.717, 1.165) is 50.1 Å². The molecule has 3 heterocycles. The zero-order valence-corrected chi connectivity index (χ0v) is 26.2. The van der Waals surface area contributed by atoms with Crippen LogP contribution in [0.4, 0.5) is 11.4 Å². The number of hydrogen-bond acceptors (Lipinski definition) is 7. The van der Waals surface area contributed by atoms with Gasteiger partial charge >= 0.3 is 5.97 Å². The molecule has 230 valence electrons. The summed E-state index contributed by atoms with van der Waals surface area (Å²) in [6, 6.07) is 7.20. The van der Waals surface area contributed by atoms with Gasteiger partial charge in [0, 0.05) is 49.4 Å². The second-order valence-electron chi connectivity index (χ2n) is 11.5. The molecule has 3 fully saturated rings. The van der Waals surface area contributed by atoms with Crippen molar-refractivity contribution in [3.8, 4) is 0 Å². The fourth-order valence-corrected chi connectivity index (χ4v) is 9.64. The molecule has 3 aliphatic rings. The highest BCUT2D eigenvalue weighted by Crippen LogP contribution is 2.68. The highest BCUT2D eigenvalue weighted by Gasteiger charge is 2.76. The van der Waals surface area contributed by atoms with Crippen molar-refractivity contribution in [2.75, 3.05) is 49.2 Å². The summed E-state index contributed by atoms with van der Waals surface area (Å²) in [4.78, 5) is 47.9. The molecule has 2 bridgehead atoms. The van der Waals surface area contributed by atoms with Crippen molar-refractivity contribution < 1.29 is 24.2 Å². The summed E-state index contributed by atoms with van der Waals surface area (Å²) in [5.74, 6) is -1.82.